The largest absolute Gasteiger partial charge is 0.302 e. The smallest absolute Gasteiger partial charge is 0.0991 e. The van der Waals surface area contributed by atoms with E-state index in [1.165, 1.54) is 11.1 Å². The molecule has 0 amide bonds. The second-order valence-corrected chi connectivity index (χ2v) is 4.79. The van der Waals surface area contributed by atoms with Crippen molar-refractivity contribution in [3.8, 4) is 6.07 Å². The van der Waals surface area contributed by atoms with Crippen molar-refractivity contribution in [2.24, 2.45) is 0 Å². The summed E-state index contributed by atoms with van der Waals surface area (Å²) in [6, 6.07) is 20.5. The second kappa shape index (κ2) is 6.72. The molecule has 0 unspecified atom stereocenters. The Hall–Kier alpha value is -2.11. The predicted molar refractivity (Wildman–Crippen MR) is 77.6 cm³/mol. The fraction of sp³-hybridized carbons (Fsp3) is 0.235. The summed E-state index contributed by atoms with van der Waals surface area (Å²) in [5, 5.41) is 8.88. The van der Waals surface area contributed by atoms with Gasteiger partial charge in [-0.1, -0.05) is 42.5 Å². The maximum Gasteiger partial charge on any atom is 0.0991 e. The van der Waals surface area contributed by atoms with Crippen molar-refractivity contribution in [1.29, 1.82) is 5.26 Å². The molecule has 0 aliphatic heterocycles. The van der Waals surface area contributed by atoms with Crippen molar-refractivity contribution in [2.75, 3.05) is 13.6 Å². The number of nitriles is 1. The number of hydrogen-bond donors (Lipinski definition) is 0. The Morgan fingerprint density at radius 1 is 1.00 bits per heavy atom. The van der Waals surface area contributed by atoms with Gasteiger partial charge in [-0.05, 0) is 36.7 Å². The molecule has 0 N–H and O–H groups in total. The normalized spacial score (nSPS) is 10.4. The molecule has 0 aliphatic carbocycles. The average Bonchev–Trinajstić information content (AvgIpc) is 2.46. The van der Waals surface area contributed by atoms with Crippen LogP contribution in [0.5, 0.6) is 0 Å². The Morgan fingerprint density at radius 3 is 2.47 bits per heavy atom. The number of benzene rings is 2. The fourth-order valence-corrected chi connectivity index (χ4v) is 2.09. The summed E-state index contributed by atoms with van der Waals surface area (Å²) in [4.78, 5) is 2.28. The van der Waals surface area contributed by atoms with Gasteiger partial charge in [0.05, 0.1) is 11.6 Å². The van der Waals surface area contributed by atoms with Crippen LogP contribution in [0, 0.1) is 11.3 Å². The van der Waals surface area contributed by atoms with Gasteiger partial charge in [0.15, 0.2) is 0 Å². The molecule has 2 heteroatoms. The van der Waals surface area contributed by atoms with E-state index in [1.54, 1.807) is 0 Å². The summed E-state index contributed by atoms with van der Waals surface area (Å²) in [5.41, 5.74) is 3.28. The van der Waals surface area contributed by atoms with Crippen LogP contribution in [0.4, 0.5) is 0 Å². The summed E-state index contributed by atoms with van der Waals surface area (Å²) >= 11 is 0. The lowest BCUT2D eigenvalue weighted by Gasteiger charge is -2.16. The highest BCUT2D eigenvalue weighted by atomic mass is 15.1. The van der Waals surface area contributed by atoms with Gasteiger partial charge in [-0.25, -0.2) is 0 Å². The third-order valence-corrected chi connectivity index (χ3v) is 3.13. The molecular formula is C17H18N2. The van der Waals surface area contributed by atoms with Gasteiger partial charge in [-0.2, -0.15) is 5.26 Å². The van der Waals surface area contributed by atoms with E-state index in [4.69, 9.17) is 5.26 Å². The number of rotatable bonds is 5. The molecule has 0 radical (unpaired) electrons. The van der Waals surface area contributed by atoms with Crippen LogP contribution in [0.3, 0.4) is 0 Å². The Morgan fingerprint density at radius 2 is 1.74 bits per heavy atom. The van der Waals surface area contributed by atoms with E-state index in [0.717, 1.165) is 25.1 Å². The van der Waals surface area contributed by atoms with E-state index in [1.807, 2.05) is 24.3 Å². The Labute approximate surface area is 114 Å². The van der Waals surface area contributed by atoms with Crippen LogP contribution < -0.4 is 0 Å². The lowest BCUT2D eigenvalue weighted by molar-refractivity contribution is 0.331. The summed E-state index contributed by atoms with van der Waals surface area (Å²) < 4.78 is 0. The van der Waals surface area contributed by atoms with Gasteiger partial charge in [0.1, 0.15) is 0 Å². The molecule has 0 saturated carbocycles. The highest BCUT2D eigenvalue weighted by Gasteiger charge is 2.02. The van der Waals surface area contributed by atoms with Crippen LogP contribution >= 0.6 is 0 Å². The summed E-state index contributed by atoms with van der Waals surface area (Å²) in [5.74, 6) is 0. The second-order valence-electron chi connectivity index (χ2n) is 4.79. The molecule has 0 fully saturated rings. The molecule has 0 spiro atoms. The SMILES string of the molecule is CN(CCc1ccccc1)Cc1cccc(C#N)c1. The fourth-order valence-electron chi connectivity index (χ4n) is 2.09. The highest BCUT2D eigenvalue weighted by molar-refractivity contribution is 5.32. The van der Waals surface area contributed by atoms with Gasteiger partial charge in [0.25, 0.3) is 0 Å². The topological polar surface area (TPSA) is 27.0 Å². The van der Waals surface area contributed by atoms with Crippen molar-refractivity contribution >= 4 is 0 Å². The summed E-state index contributed by atoms with van der Waals surface area (Å²) in [7, 11) is 2.11. The van der Waals surface area contributed by atoms with E-state index >= 15 is 0 Å². The first-order chi connectivity index (χ1) is 9.28. The average molecular weight is 250 g/mol. The molecule has 0 heterocycles. The third kappa shape index (κ3) is 4.24. The first-order valence-corrected chi connectivity index (χ1v) is 6.49. The van der Waals surface area contributed by atoms with Crippen molar-refractivity contribution < 1.29 is 0 Å². The maximum atomic E-state index is 8.88. The van der Waals surface area contributed by atoms with E-state index in [0.29, 0.717) is 0 Å². The lowest BCUT2D eigenvalue weighted by Crippen LogP contribution is -2.20. The molecule has 96 valence electrons. The van der Waals surface area contributed by atoms with Crippen molar-refractivity contribution in [3.63, 3.8) is 0 Å². The maximum absolute atomic E-state index is 8.88. The molecule has 2 aromatic rings. The van der Waals surface area contributed by atoms with Gasteiger partial charge in [-0.15, -0.1) is 0 Å². The zero-order valence-corrected chi connectivity index (χ0v) is 11.2. The van der Waals surface area contributed by atoms with Gasteiger partial charge < -0.3 is 4.90 Å². The summed E-state index contributed by atoms with van der Waals surface area (Å²) in [6.07, 6.45) is 1.05. The number of hydrogen-bond acceptors (Lipinski definition) is 2. The van der Waals surface area contributed by atoms with Crippen LogP contribution in [0.15, 0.2) is 54.6 Å². The van der Waals surface area contributed by atoms with Crippen molar-refractivity contribution in [2.45, 2.75) is 13.0 Å². The monoisotopic (exact) mass is 250 g/mol. The molecule has 2 nitrogen and oxygen atoms in total. The van der Waals surface area contributed by atoms with Crippen LogP contribution in [-0.4, -0.2) is 18.5 Å². The predicted octanol–water partition coefficient (Wildman–Crippen LogP) is 3.23. The highest BCUT2D eigenvalue weighted by Crippen LogP contribution is 2.08. The van der Waals surface area contributed by atoms with Gasteiger partial charge in [0.2, 0.25) is 0 Å². The third-order valence-electron chi connectivity index (χ3n) is 3.13. The minimum absolute atomic E-state index is 0.731. The Kier molecular flexibility index (Phi) is 4.72. The van der Waals surface area contributed by atoms with Crippen LogP contribution in [-0.2, 0) is 13.0 Å². The van der Waals surface area contributed by atoms with Crippen molar-refractivity contribution in [1.82, 2.24) is 4.90 Å². The Bertz CT molecular complexity index is 555. The first-order valence-electron chi connectivity index (χ1n) is 6.49. The standard InChI is InChI=1S/C17H18N2/c1-19(11-10-15-6-3-2-4-7-15)14-17-9-5-8-16(12-17)13-18/h2-9,12H,10-11,14H2,1H3. The van der Waals surface area contributed by atoms with E-state index in [2.05, 4.69) is 48.3 Å². The molecule has 2 aromatic carbocycles. The minimum Gasteiger partial charge on any atom is -0.302 e. The first kappa shape index (κ1) is 13.3. The van der Waals surface area contributed by atoms with Gasteiger partial charge in [-0.3, -0.25) is 0 Å². The summed E-state index contributed by atoms with van der Waals surface area (Å²) in [6.45, 7) is 1.89. The van der Waals surface area contributed by atoms with Crippen molar-refractivity contribution in [3.05, 3.63) is 71.3 Å². The molecule has 19 heavy (non-hydrogen) atoms. The molecular weight excluding hydrogens is 232 g/mol. The van der Waals surface area contributed by atoms with Gasteiger partial charge in [0, 0.05) is 13.1 Å². The number of nitrogens with zero attached hydrogens (tertiary/aromatic N) is 2. The molecule has 0 aromatic heterocycles. The van der Waals surface area contributed by atoms with Crippen LogP contribution in [0.1, 0.15) is 16.7 Å². The molecule has 0 atom stereocenters. The number of likely N-dealkylation sites (N-methyl/N-ethyl adjacent to an activating group) is 1. The van der Waals surface area contributed by atoms with Crippen LogP contribution in [0.25, 0.3) is 0 Å². The lowest BCUT2D eigenvalue weighted by atomic mass is 10.1. The van der Waals surface area contributed by atoms with Gasteiger partial charge >= 0.3 is 0 Å². The Balaban J connectivity index is 1.87. The molecule has 0 saturated heterocycles. The van der Waals surface area contributed by atoms with E-state index < -0.39 is 0 Å². The molecule has 2 rings (SSSR count). The minimum atomic E-state index is 0.731. The van der Waals surface area contributed by atoms with Crippen LogP contribution in [0.2, 0.25) is 0 Å². The quantitative estimate of drug-likeness (QED) is 0.814. The van der Waals surface area contributed by atoms with E-state index in [9.17, 15) is 0 Å². The van der Waals surface area contributed by atoms with E-state index in [-0.39, 0.29) is 0 Å². The zero-order chi connectivity index (χ0) is 13.5. The zero-order valence-electron chi connectivity index (χ0n) is 11.2. The molecule has 0 aliphatic rings. The molecule has 0 bridgehead atoms.